The fourth-order valence-electron chi connectivity index (χ4n) is 1.93. The van der Waals surface area contributed by atoms with Gasteiger partial charge in [0.1, 0.15) is 0 Å². The standard InChI is InChI=1S/C10H19N/c1-10(2)6-3-4-9(8-10)5-7-11/h5H,3-4,6-8,11H2,1-2H3. The molecule has 0 heterocycles. The summed E-state index contributed by atoms with van der Waals surface area (Å²) in [7, 11) is 0. The second-order valence-electron chi connectivity index (χ2n) is 4.29. The van der Waals surface area contributed by atoms with Crippen molar-refractivity contribution in [2.45, 2.75) is 39.5 Å². The van der Waals surface area contributed by atoms with Crippen molar-refractivity contribution in [2.75, 3.05) is 6.54 Å². The van der Waals surface area contributed by atoms with Crippen molar-refractivity contribution >= 4 is 0 Å². The molecule has 0 aliphatic heterocycles. The minimum atomic E-state index is 0.527. The highest BCUT2D eigenvalue weighted by atomic mass is 14.5. The molecule has 1 rings (SSSR count). The van der Waals surface area contributed by atoms with Crippen molar-refractivity contribution in [3.05, 3.63) is 11.6 Å². The van der Waals surface area contributed by atoms with Crippen molar-refractivity contribution in [1.82, 2.24) is 0 Å². The summed E-state index contributed by atoms with van der Waals surface area (Å²) in [6.45, 7) is 5.40. The fourth-order valence-corrected chi connectivity index (χ4v) is 1.93. The fraction of sp³-hybridized carbons (Fsp3) is 0.800. The van der Waals surface area contributed by atoms with Crippen LogP contribution < -0.4 is 5.73 Å². The molecular weight excluding hydrogens is 134 g/mol. The van der Waals surface area contributed by atoms with E-state index < -0.39 is 0 Å². The number of hydrogen-bond donors (Lipinski definition) is 1. The van der Waals surface area contributed by atoms with Crippen molar-refractivity contribution in [2.24, 2.45) is 11.1 Å². The van der Waals surface area contributed by atoms with Crippen LogP contribution in [0.4, 0.5) is 0 Å². The molecule has 1 fully saturated rings. The molecule has 0 spiro atoms. The number of nitrogens with two attached hydrogens (primary N) is 1. The lowest BCUT2D eigenvalue weighted by Crippen LogP contribution is -2.17. The second-order valence-corrected chi connectivity index (χ2v) is 4.29. The van der Waals surface area contributed by atoms with E-state index in [2.05, 4.69) is 19.9 Å². The lowest BCUT2D eigenvalue weighted by atomic mass is 9.75. The lowest BCUT2D eigenvalue weighted by molar-refractivity contribution is 0.289. The number of hydrogen-bond acceptors (Lipinski definition) is 1. The van der Waals surface area contributed by atoms with Gasteiger partial charge in [-0.1, -0.05) is 25.5 Å². The maximum atomic E-state index is 5.47. The predicted octanol–water partition coefficient (Wildman–Crippen LogP) is 2.47. The maximum Gasteiger partial charge on any atom is 0.0109 e. The molecule has 1 aliphatic carbocycles. The van der Waals surface area contributed by atoms with Crippen LogP contribution in [-0.4, -0.2) is 6.54 Å². The van der Waals surface area contributed by atoms with Crippen LogP contribution in [0.1, 0.15) is 39.5 Å². The molecule has 0 bridgehead atoms. The third-order valence-corrected chi connectivity index (χ3v) is 2.46. The molecule has 64 valence electrons. The first-order valence-corrected chi connectivity index (χ1v) is 4.52. The Bertz CT molecular complexity index is 156. The van der Waals surface area contributed by atoms with Crippen LogP contribution in [0.3, 0.4) is 0 Å². The molecule has 0 saturated heterocycles. The summed E-state index contributed by atoms with van der Waals surface area (Å²) in [5, 5.41) is 0. The van der Waals surface area contributed by atoms with Crippen LogP contribution in [0.2, 0.25) is 0 Å². The Balaban J connectivity index is 2.53. The molecule has 0 aromatic heterocycles. The Kier molecular flexibility index (Phi) is 2.72. The van der Waals surface area contributed by atoms with Gasteiger partial charge in [0.15, 0.2) is 0 Å². The van der Waals surface area contributed by atoms with Gasteiger partial charge in [-0.25, -0.2) is 0 Å². The molecule has 0 atom stereocenters. The van der Waals surface area contributed by atoms with Gasteiger partial charge in [0.25, 0.3) is 0 Å². The summed E-state index contributed by atoms with van der Waals surface area (Å²) >= 11 is 0. The van der Waals surface area contributed by atoms with Gasteiger partial charge in [-0.05, 0) is 31.1 Å². The van der Waals surface area contributed by atoms with Crippen LogP contribution in [0, 0.1) is 5.41 Å². The van der Waals surface area contributed by atoms with E-state index in [-0.39, 0.29) is 0 Å². The third kappa shape index (κ3) is 2.66. The van der Waals surface area contributed by atoms with E-state index in [1.54, 1.807) is 5.57 Å². The van der Waals surface area contributed by atoms with E-state index in [1.165, 1.54) is 25.7 Å². The second kappa shape index (κ2) is 3.40. The Morgan fingerprint density at radius 3 is 2.82 bits per heavy atom. The highest BCUT2D eigenvalue weighted by Gasteiger charge is 2.23. The Hall–Kier alpha value is -0.300. The monoisotopic (exact) mass is 153 g/mol. The highest BCUT2D eigenvalue weighted by molar-refractivity contribution is 5.08. The summed E-state index contributed by atoms with van der Waals surface area (Å²) in [5.41, 5.74) is 7.57. The average Bonchev–Trinajstić information content (AvgIpc) is 1.85. The van der Waals surface area contributed by atoms with Crippen LogP contribution in [0.25, 0.3) is 0 Å². The van der Waals surface area contributed by atoms with Gasteiger partial charge in [0.2, 0.25) is 0 Å². The summed E-state index contributed by atoms with van der Waals surface area (Å²) in [4.78, 5) is 0. The van der Waals surface area contributed by atoms with E-state index in [0.717, 1.165) is 0 Å². The topological polar surface area (TPSA) is 26.0 Å². The zero-order valence-corrected chi connectivity index (χ0v) is 7.69. The summed E-state index contributed by atoms with van der Waals surface area (Å²) in [5.74, 6) is 0. The quantitative estimate of drug-likeness (QED) is 0.575. The highest BCUT2D eigenvalue weighted by Crippen LogP contribution is 2.37. The minimum Gasteiger partial charge on any atom is -0.327 e. The first kappa shape index (κ1) is 8.79. The molecule has 0 radical (unpaired) electrons. The Morgan fingerprint density at radius 1 is 1.55 bits per heavy atom. The Labute approximate surface area is 69.7 Å². The van der Waals surface area contributed by atoms with Crippen molar-refractivity contribution in [3.63, 3.8) is 0 Å². The van der Waals surface area contributed by atoms with E-state index >= 15 is 0 Å². The smallest absolute Gasteiger partial charge is 0.0109 e. The van der Waals surface area contributed by atoms with Gasteiger partial charge in [0.05, 0.1) is 0 Å². The minimum absolute atomic E-state index is 0.527. The maximum absolute atomic E-state index is 5.47. The van der Waals surface area contributed by atoms with Gasteiger partial charge in [-0.3, -0.25) is 0 Å². The molecule has 11 heavy (non-hydrogen) atoms. The number of rotatable bonds is 1. The first-order chi connectivity index (χ1) is 5.14. The van der Waals surface area contributed by atoms with Crippen molar-refractivity contribution in [1.29, 1.82) is 0 Å². The molecular formula is C10H19N. The van der Waals surface area contributed by atoms with Gasteiger partial charge in [0, 0.05) is 6.54 Å². The van der Waals surface area contributed by atoms with Crippen molar-refractivity contribution in [3.8, 4) is 0 Å². The SMILES string of the molecule is CC1(C)CCCC(=CCN)C1. The van der Waals surface area contributed by atoms with Crippen LogP contribution in [0.15, 0.2) is 11.6 Å². The van der Waals surface area contributed by atoms with Gasteiger partial charge < -0.3 is 5.73 Å². The van der Waals surface area contributed by atoms with Crippen LogP contribution >= 0.6 is 0 Å². The summed E-state index contributed by atoms with van der Waals surface area (Å²) in [6.07, 6.45) is 7.44. The molecule has 1 saturated carbocycles. The van der Waals surface area contributed by atoms with Crippen LogP contribution in [-0.2, 0) is 0 Å². The molecule has 2 N–H and O–H groups in total. The molecule has 0 amide bonds. The summed E-state index contributed by atoms with van der Waals surface area (Å²) in [6, 6.07) is 0. The predicted molar refractivity (Wildman–Crippen MR) is 49.4 cm³/mol. The first-order valence-electron chi connectivity index (χ1n) is 4.52. The van der Waals surface area contributed by atoms with Gasteiger partial charge in [-0.2, -0.15) is 0 Å². The normalized spacial score (nSPS) is 27.4. The van der Waals surface area contributed by atoms with Gasteiger partial charge in [-0.15, -0.1) is 0 Å². The van der Waals surface area contributed by atoms with Crippen molar-refractivity contribution < 1.29 is 0 Å². The lowest BCUT2D eigenvalue weighted by Gasteiger charge is -2.31. The Morgan fingerprint density at radius 2 is 2.27 bits per heavy atom. The zero-order valence-electron chi connectivity index (χ0n) is 7.69. The van der Waals surface area contributed by atoms with E-state index in [9.17, 15) is 0 Å². The van der Waals surface area contributed by atoms with E-state index in [1.807, 2.05) is 0 Å². The molecule has 0 aromatic rings. The molecule has 0 unspecified atom stereocenters. The largest absolute Gasteiger partial charge is 0.327 e. The molecule has 1 heteroatoms. The average molecular weight is 153 g/mol. The molecule has 1 aliphatic rings. The zero-order chi connectivity index (χ0) is 8.32. The van der Waals surface area contributed by atoms with Gasteiger partial charge >= 0.3 is 0 Å². The third-order valence-electron chi connectivity index (χ3n) is 2.46. The summed E-state index contributed by atoms with van der Waals surface area (Å²) < 4.78 is 0. The number of allylic oxidation sites excluding steroid dienone is 1. The molecule has 0 aromatic carbocycles. The van der Waals surface area contributed by atoms with E-state index in [0.29, 0.717) is 12.0 Å². The van der Waals surface area contributed by atoms with E-state index in [4.69, 9.17) is 5.73 Å². The molecule has 1 nitrogen and oxygen atoms in total. The van der Waals surface area contributed by atoms with Crippen LogP contribution in [0.5, 0.6) is 0 Å².